The van der Waals surface area contributed by atoms with E-state index in [9.17, 15) is 8.42 Å². The Bertz CT molecular complexity index is 353. The van der Waals surface area contributed by atoms with Gasteiger partial charge in [0, 0.05) is 17.8 Å². The van der Waals surface area contributed by atoms with Gasteiger partial charge in [0.15, 0.2) is 0 Å². The van der Waals surface area contributed by atoms with E-state index < -0.39 is 10.0 Å². The smallest absolute Gasteiger partial charge is 0.215 e. The maximum absolute atomic E-state index is 12.2. The van der Waals surface area contributed by atoms with Gasteiger partial charge in [0.1, 0.15) is 0 Å². The van der Waals surface area contributed by atoms with Crippen LogP contribution in [0.2, 0.25) is 0 Å². The van der Waals surface area contributed by atoms with Gasteiger partial charge in [-0.15, -0.1) is 0 Å². The molecule has 0 bridgehead atoms. The normalized spacial score (nSPS) is 33.7. The summed E-state index contributed by atoms with van der Waals surface area (Å²) in [5, 5.41) is 3.58. The first kappa shape index (κ1) is 14.6. The predicted molar refractivity (Wildman–Crippen MR) is 77.5 cm³/mol. The van der Waals surface area contributed by atoms with Crippen molar-refractivity contribution in [3.05, 3.63) is 0 Å². The molecule has 0 aromatic heterocycles. The van der Waals surface area contributed by atoms with E-state index in [4.69, 9.17) is 0 Å². The van der Waals surface area contributed by atoms with E-state index in [1.54, 1.807) is 0 Å². The number of thioether (sulfide) groups is 1. The Balaban J connectivity index is 1.85. The number of nitrogens with one attached hydrogen (secondary N) is 2. The molecule has 0 amide bonds. The zero-order chi connectivity index (χ0) is 13.0. The number of sulfonamides is 1. The topological polar surface area (TPSA) is 58.2 Å². The molecule has 4 nitrogen and oxygen atoms in total. The molecule has 3 atom stereocenters. The predicted octanol–water partition coefficient (Wildman–Crippen LogP) is 1.33. The Morgan fingerprint density at radius 1 is 1.33 bits per heavy atom. The van der Waals surface area contributed by atoms with Crippen LogP contribution < -0.4 is 10.0 Å². The van der Waals surface area contributed by atoms with Crippen LogP contribution in [0.5, 0.6) is 0 Å². The lowest BCUT2D eigenvalue weighted by atomic mass is 10.2. The Labute approximate surface area is 115 Å². The minimum atomic E-state index is -3.13. The molecule has 1 saturated heterocycles. The molecular formula is C12H24N2O2S2. The lowest BCUT2D eigenvalue weighted by Crippen LogP contribution is -2.46. The zero-order valence-corrected chi connectivity index (χ0v) is 12.7. The third kappa shape index (κ3) is 3.85. The molecule has 106 valence electrons. The monoisotopic (exact) mass is 292 g/mol. The molecule has 0 aromatic rings. The van der Waals surface area contributed by atoms with Crippen molar-refractivity contribution in [2.24, 2.45) is 0 Å². The van der Waals surface area contributed by atoms with Crippen molar-refractivity contribution in [3.8, 4) is 0 Å². The third-order valence-corrected chi connectivity index (χ3v) is 6.98. The molecule has 0 radical (unpaired) electrons. The molecule has 18 heavy (non-hydrogen) atoms. The minimum Gasteiger partial charge on any atom is -0.315 e. The van der Waals surface area contributed by atoms with E-state index in [2.05, 4.69) is 17.0 Å². The maximum Gasteiger partial charge on any atom is 0.215 e. The third-order valence-electron chi connectivity index (χ3n) is 3.81. The SMILES string of the molecule is CCSC1CCC(NS(=O)(=O)C2CCCNC2)C1. The van der Waals surface area contributed by atoms with Crippen molar-refractivity contribution in [1.82, 2.24) is 10.0 Å². The van der Waals surface area contributed by atoms with E-state index in [1.165, 1.54) is 0 Å². The van der Waals surface area contributed by atoms with Gasteiger partial charge < -0.3 is 5.32 Å². The van der Waals surface area contributed by atoms with Crippen LogP contribution in [-0.2, 0) is 10.0 Å². The molecule has 0 spiro atoms. The molecular weight excluding hydrogens is 268 g/mol. The summed E-state index contributed by atoms with van der Waals surface area (Å²) in [5.41, 5.74) is 0. The van der Waals surface area contributed by atoms with Crippen LogP contribution in [0.25, 0.3) is 0 Å². The highest BCUT2D eigenvalue weighted by Gasteiger charge is 2.32. The van der Waals surface area contributed by atoms with Crippen molar-refractivity contribution in [2.45, 2.75) is 55.6 Å². The quantitative estimate of drug-likeness (QED) is 0.803. The fourth-order valence-electron chi connectivity index (χ4n) is 2.85. The first-order valence-electron chi connectivity index (χ1n) is 6.95. The fourth-order valence-corrected chi connectivity index (χ4v) is 5.68. The molecule has 0 aromatic carbocycles. The van der Waals surface area contributed by atoms with Crippen LogP contribution in [0.4, 0.5) is 0 Å². The van der Waals surface area contributed by atoms with Crippen molar-refractivity contribution in [2.75, 3.05) is 18.8 Å². The summed E-state index contributed by atoms with van der Waals surface area (Å²) in [7, 11) is -3.13. The van der Waals surface area contributed by atoms with Gasteiger partial charge in [0.2, 0.25) is 10.0 Å². The summed E-state index contributed by atoms with van der Waals surface area (Å²) in [4.78, 5) is 0. The lowest BCUT2D eigenvalue weighted by molar-refractivity contribution is 0.481. The lowest BCUT2D eigenvalue weighted by Gasteiger charge is -2.24. The molecule has 1 heterocycles. The van der Waals surface area contributed by atoms with Crippen LogP contribution in [0.15, 0.2) is 0 Å². The average Bonchev–Trinajstić information content (AvgIpc) is 2.77. The van der Waals surface area contributed by atoms with E-state index in [1.807, 2.05) is 11.8 Å². The van der Waals surface area contributed by atoms with Crippen molar-refractivity contribution in [3.63, 3.8) is 0 Å². The van der Waals surface area contributed by atoms with Crippen molar-refractivity contribution in [1.29, 1.82) is 0 Å². The standard InChI is InChI=1S/C12H24N2O2S2/c1-2-17-11-6-5-10(8-11)14-18(15,16)12-4-3-7-13-9-12/h10-14H,2-9H2,1H3. The molecule has 2 fully saturated rings. The van der Waals surface area contributed by atoms with Crippen LogP contribution in [0.3, 0.4) is 0 Å². The van der Waals surface area contributed by atoms with Crippen LogP contribution in [-0.4, -0.2) is 43.8 Å². The Morgan fingerprint density at radius 3 is 2.83 bits per heavy atom. The summed E-state index contributed by atoms with van der Waals surface area (Å²) >= 11 is 1.96. The summed E-state index contributed by atoms with van der Waals surface area (Å²) in [5.74, 6) is 1.12. The maximum atomic E-state index is 12.2. The minimum absolute atomic E-state index is 0.168. The first-order valence-corrected chi connectivity index (χ1v) is 9.54. The molecule has 2 N–H and O–H groups in total. The summed E-state index contributed by atoms with van der Waals surface area (Å²) in [6.07, 6.45) is 4.90. The highest BCUT2D eigenvalue weighted by atomic mass is 32.2. The molecule has 1 aliphatic carbocycles. The molecule has 2 rings (SSSR count). The zero-order valence-electron chi connectivity index (χ0n) is 11.0. The van der Waals surface area contributed by atoms with E-state index in [0.717, 1.165) is 44.4 Å². The largest absolute Gasteiger partial charge is 0.315 e. The summed E-state index contributed by atoms with van der Waals surface area (Å²) < 4.78 is 27.4. The van der Waals surface area contributed by atoms with Gasteiger partial charge in [-0.05, 0) is 44.4 Å². The highest BCUT2D eigenvalue weighted by molar-refractivity contribution is 7.99. The number of rotatable bonds is 5. The second-order valence-corrected chi connectivity index (χ2v) is 8.79. The second kappa shape index (κ2) is 6.59. The Kier molecular flexibility index (Phi) is 5.35. The first-order chi connectivity index (χ1) is 8.62. The van der Waals surface area contributed by atoms with Gasteiger partial charge in [-0.3, -0.25) is 0 Å². The average molecular weight is 292 g/mol. The summed E-state index contributed by atoms with van der Waals surface area (Å²) in [6, 6.07) is 0.168. The van der Waals surface area contributed by atoms with E-state index >= 15 is 0 Å². The van der Waals surface area contributed by atoms with Crippen LogP contribution in [0, 0.1) is 0 Å². The second-order valence-electron chi connectivity index (χ2n) is 5.22. The Morgan fingerprint density at radius 2 is 2.17 bits per heavy atom. The molecule has 6 heteroatoms. The molecule has 3 unspecified atom stereocenters. The van der Waals surface area contributed by atoms with Crippen LogP contribution in [0.1, 0.15) is 39.0 Å². The summed E-state index contributed by atoms with van der Waals surface area (Å²) in [6.45, 7) is 3.72. The van der Waals surface area contributed by atoms with Gasteiger partial charge >= 0.3 is 0 Å². The fraction of sp³-hybridized carbons (Fsp3) is 1.00. The van der Waals surface area contributed by atoms with Gasteiger partial charge in [-0.1, -0.05) is 6.92 Å². The highest BCUT2D eigenvalue weighted by Crippen LogP contribution is 2.30. The van der Waals surface area contributed by atoms with Gasteiger partial charge in [-0.25, -0.2) is 13.1 Å². The Hall–Kier alpha value is 0.220. The van der Waals surface area contributed by atoms with E-state index in [-0.39, 0.29) is 11.3 Å². The van der Waals surface area contributed by atoms with Gasteiger partial charge in [0.25, 0.3) is 0 Å². The molecule has 2 aliphatic rings. The van der Waals surface area contributed by atoms with Crippen LogP contribution >= 0.6 is 11.8 Å². The van der Waals surface area contributed by atoms with Crippen molar-refractivity contribution >= 4 is 21.8 Å². The van der Waals surface area contributed by atoms with Gasteiger partial charge in [-0.2, -0.15) is 11.8 Å². The number of piperidine rings is 1. The molecule has 1 aliphatic heterocycles. The number of hydrogen-bond donors (Lipinski definition) is 2. The molecule has 1 saturated carbocycles. The van der Waals surface area contributed by atoms with E-state index in [0.29, 0.717) is 11.8 Å². The van der Waals surface area contributed by atoms with Crippen molar-refractivity contribution < 1.29 is 8.42 Å². The van der Waals surface area contributed by atoms with Gasteiger partial charge in [0.05, 0.1) is 5.25 Å². The number of hydrogen-bond acceptors (Lipinski definition) is 4.